The minimum Gasteiger partial charge on any atom is -0.463 e. The smallest absolute Gasteiger partial charge is 0.338 e. The van der Waals surface area contributed by atoms with Gasteiger partial charge in [-0.3, -0.25) is 9.36 Å². The molecule has 0 amide bonds. The molecule has 4 heterocycles. The van der Waals surface area contributed by atoms with Gasteiger partial charge in [0.05, 0.1) is 32.5 Å². The fourth-order valence-corrected chi connectivity index (χ4v) is 6.28. The molecule has 0 saturated carbocycles. The molecule has 3 aromatic heterocycles. The molecule has 0 N–H and O–H groups in total. The maximum atomic E-state index is 13.9. The highest BCUT2D eigenvalue weighted by Gasteiger charge is 2.35. The number of halogens is 3. The number of furan rings is 2. The summed E-state index contributed by atoms with van der Waals surface area (Å²) in [6.45, 7) is 3.63. The molecule has 212 valence electrons. The van der Waals surface area contributed by atoms with Crippen LogP contribution in [0.4, 0.5) is 0 Å². The van der Waals surface area contributed by atoms with Crippen molar-refractivity contribution in [1.82, 2.24) is 4.57 Å². The Balaban J connectivity index is 1.45. The van der Waals surface area contributed by atoms with Crippen molar-refractivity contribution in [3.63, 3.8) is 0 Å². The van der Waals surface area contributed by atoms with Gasteiger partial charge in [-0.05, 0) is 68.4 Å². The average molecular weight is 684 g/mol. The van der Waals surface area contributed by atoms with Crippen LogP contribution in [0.25, 0.3) is 28.7 Å². The molecule has 7 nitrogen and oxygen atoms in total. The molecule has 2 aromatic carbocycles. The Morgan fingerprint density at radius 2 is 1.74 bits per heavy atom. The van der Waals surface area contributed by atoms with E-state index in [-0.39, 0.29) is 17.7 Å². The van der Waals surface area contributed by atoms with Crippen molar-refractivity contribution in [2.75, 3.05) is 6.61 Å². The number of benzene rings is 2. The van der Waals surface area contributed by atoms with Crippen LogP contribution in [0.5, 0.6) is 0 Å². The number of aromatic nitrogens is 1. The molecule has 0 spiro atoms. The fourth-order valence-electron chi connectivity index (χ4n) is 4.69. The van der Waals surface area contributed by atoms with Gasteiger partial charge in [-0.15, -0.1) is 0 Å². The predicted octanol–water partition coefficient (Wildman–Crippen LogP) is 7.39. The number of hydrogen-bond acceptors (Lipinski definition) is 7. The topological polar surface area (TPSA) is 86.9 Å². The Hall–Kier alpha value is -3.63. The van der Waals surface area contributed by atoms with E-state index in [1.807, 2.05) is 30.3 Å². The number of carbonyl (C=O) groups excluding carboxylic acids is 1. The van der Waals surface area contributed by atoms with Crippen LogP contribution in [0.2, 0.25) is 10.0 Å². The molecule has 0 radical (unpaired) electrons. The Morgan fingerprint density at radius 3 is 2.48 bits per heavy atom. The number of ether oxygens (including phenoxy) is 1. The summed E-state index contributed by atoms with van der Waals surface area (Å²) in [5.41, 5.74) is 1.96. The zero-order chi connectivity index (χ0) is 29.5. The van der Waals surface area contributed by atoms with Crippen molar-refractivity contribution in [2.45, 2.75) is 19.9 Å². The third-order valence-electron chi connectivity index (χ3n) is 6.65. The van der Waals surface area contributed by atoms with E-state index in [2.05, 4.69) is 20.9 Å². The Morgan fingerprint density at radius 1 is 1.02 bits per heavy atom. The number of hydrogen-bond donors (Lipinski definition) is 0. The van der Waals surface area contributed by atoms with Crippen molar-refractivity contribution < 1.29 is 18.4 Å². The molecule has 42 heavy (non-hydrogen) atoms. The molecule has 0 fully saturated rings. The van der Waals surface area contributed by atoms with Crippen LogP contribution < -0.4 is 14.9 Å². The second-order valence-corrected chi connectivity index (χ2v) is 12.1. The SMILES string of the molecule is CCOC(=O)C1=C(C)N=c2s/c(=C\c3ccc(-c4ccc(Cl)c(Cl)c4)o3)c(=O)n2[C@@H]1c1ccc(-c2ccc(Br)cc2)o1. The lowest BCUT2D eigenvalue weighted by Crippen LogP contribution is -2.39. The molecule has 1 aliphatic heterocycles. The Labute approximate surface area is 262 Å². The van der Waals surface area contributed by atoms with Crippen molar-refractivity contribution in [3.8, 4) is 22.6 Å². The summed E-state index contributed by atoms with van der Waals surface area (Å²) in [6.07, 6.45) is 1.65. The summed E-state index contributed by atoms with van der Waals surface area (Å²) in [6, 6.07) is 19.2. The molecule has 1 atom stereocenters. The number of thiazole rings is 1. The highest BCUT2D eigenvalue weighted by Crippen LogP contribution is 2.35. The first-order valence-corrected chi connectivity index (χ1v) is 15.2. The monoisotopic (exact) mass is 682 g/mol. The van der Waals surface area contributed by atoms with E-state index in [0.717, 1.165) is 15.6 Å². The first-order chi connectivity index (χ1) is 20.2. The molecule has 0 unspecified atom stereocenters. The second kappa shape index (κ2) is 11.6. The quantitative estimate of drug-likeness (QED) is 0.174. The highest BCUT2D eigenvalue weighted by atomic mass is 79.9. The lowest BCUT2D eigenvalue weighted by molar-refractivity contribution is -0.139. The lowest BCUT2D eigenvalue weighted by atomic mass is 10.0. The van der Waals surface area contributed by atoms with Crippen LogP contribution in [0, 0.1) is 0 Å². The van der Waals surface area contributed by atoms with E-state index in [9.17, 15) is 9.59 Å². The van der Waals surface area contributed by atoms with Crippen LogP contribution in [0.1, 0.15) is 31.4 Å². The van der Waals surface area contributed by atoms with Crippen LogP contribution in [-0.2, 0) is 9.53 Å². The fraction of sp³-hybridized carbons (Fsp3) is 0.129. The van der Waals surface area contributed by atoms with E-state index in [0.29, 0.717) is 48.1 Å². The van der Waals surface area contributed by atoms with Crippen LogP contribution >= 0.6 is 50.5 Å². The Bertz CT molecular complexity index is 2050. The predicted molar refractivity (Wildman–Crippen MR) is 166 cm³/mol. The van der Waals surface area contributed by atoms with Gasteiger partial charge in [0.1, 0.15) is 29.1 Å². The van der Waals surface area contributed by atoms with Gasteiger partial charge < -0.3 is 13.6 Å². The summed E-state index contributed by atoms with van der Waals surface area (Å²) in [5, 5.41) is 0.857. The van der Waals surface area contributed by atoms with Gasteiger partial charge in [-0.25, -0.2) is 9.79 Å². The molecule has 0 saturated heterocycles. The number of allylic oxidation sites excluding steroid dienone is 1. The van der Waals surface area contributed by atoms with E-state index >= 15 is 0 Å². The van der Waals surface area contributed by atoms with E-state index < -0.39 is 12.0 Å². The zero-order valence-electron chi connectivity index (χ0n) is 22.2. The summed E-state index contributed by atoms with van der Waals surface area (Å²) in [4.78, 5) is 32.1. The Kier molecular flexibility index (Phi) is 7.85. The molecule has 5 aromatic rings. The van der Waals surface area contributed by atoms with E-state index in [4.69, 9.17) is 36.8 Å². The highest BCUT2D eigenvalue weighted by molar-refractivity contribution is 9.10. The van der Waals surface area contributed by atoms with Gasteiger partial charge in [0.15, 0.2) is 4.80 Å². The number of rotatable bonds is 6. The third-order valence-corrected chi connectivity index (χ3v) is 8.90. The zero-order valence-corrected chi connectivity index (χ0v) is 26.1. The summed E-state index contributed by atoms with van der Waals surface area (Å²) >= 11 is 16.9. The standard InChI is InChI=1S/C31H21BrCl2N2O5S/c1-3-39-30(38)27-16(2)35-31-36(28(27)25-13-12-23(41-25)17-4-7-19(32)8-5-17)29(37)26(42-31)15-20-9-11-24(40-20)18-6-10-21(33)22(34)14-18/h4-15,28H,3H2,1-2H3/b26-15-/t28-/m1/s1. The average Bonchev–Trinajstić information content (AvgIpc) is 3.70. The normalized spacial score (nSPS) is 15.1. The maximum absolute atomic E-state index is 13.9. The lowest BCUT2D eigenvalue weighted by Gasteiger charge is -2.22. The van der Waals surface area contributed by atoms with Gasteiger partial charge >= 0.3 is 5.97 Å². The van der Waals surface area contributed by atoms with Gasteiger partial charge in [-0.2, -0.15) is 0 Å². The van der Waals surface area contributed by atoms with Crippen molar-refractivity contribution in [2.24, 2.45) is 4.99 Å². The molecular weight excluding hydrogens is 663 g/mol. The molecule has 0 aliphatic carbocycles. The number of esters is 1. The number of nitrogens with zero attached hydrogens (tertiary/aromatic N) is 2. The maximum Gasteiger partial charge on any atom is 0.338 e. The van der Waals surface area contributed by atoms with Crippen molar-refractivity contribution in [3.05, 3.63) is 124 Å². The first kappa shape index (κ1) is 28.5. The molecular formula is C31H21BrCl2N2O5S. The minimum atomic E-state index is -0.866. The minimum absolute atomic E-state index is 0.175. The van der Waals surface area contributed by atoms with Gasteiger partial charge in [0, 0.05) is 21.7 Å². The van der Waals surface area contributed by atoms with Crippen LogP contribution in [0.3, 0.4) is 0 Å². The number of carbonyl (C=O) groups is 1. The van der Waals surface area contributed by atoms with Gasteiger partial charge in [0.2, 0.25) is 0 Å². The largest absolute Gasteiger partial charge is 0.463 e. The first-order valence-electron chi connectivity index (χ1n) is 12.8. The van der Waals surface area contributed by atoms with Crippen molar-refractivity contribution in [1.29, 1.82) is 0 Å². The van der Waals surface area contributed by atoms with E-state index in [1.165, 1.54) is 15.9 Å². The van der Waals surface area contributed by atoms with Crippen LogP contribution in [-0.4, -0.2) is 17.1 Å². The summed E-state index contributed by atoms with van der Waals surface area (Å²) in [7, 11) is 0. The third kappa shape index (κ3) is 5.33. The number of fused-ring (bicyclic) bond motifs is 1. The molecule has 1 aliphatic rings. The molecule has 11 heteroatoms. The molecule has 6 rings (SSSR count). The second-order valence-electron chi connectivity index (χ2n) is 9.34. The summed E-state index contributed by atoms with van der Waals surface area (Å²) < 4.78 is 20.4. The van der Waals surface area contributed by atoms with Gasteiger partial charge in [0.25, 0.3) is 5.56 Å². The van der Waals surface area contributed by atoms with Crippen molar-refractivity contribution >= 4 is 62.5 Å². The molecule has 0 bridgehead atoms. The van der Waals surface area contributed by atoms with E-state index in [1.54, 1.807) is 56.3 Å². The summed E-state index contributed by atoms with van der Waals surface area (Å²) in [5.74, 6) is 1.49. The van der Waals surface area contributed by atoms with Gasteiger partial charge in [-0.1, -0.05) is 62.6 Å². The van der Waals surface area contributed by atoms with Crippen LogP contribution in [0.15, 0.2) is 101 Å².